The Morgan fingerprint density at radius 2 is 1.27 bits per heavy atom. The van der Waals surface area contributed by atoms with E-state index in [1.807, 2.05) is 7.05 Å². The number of morpholine rings is 2. The summed E-state index contributed by atoms with van der Waals surface area (Å²) in [5, 5.41) is 9.80. The summed E-state index contributed by atoms with van der Waals surface area (Å²) in [5.41, 5.74) is 0. The summed E-state index contributed by atoms with van der Waals surface area (Å²) in [6, 6.07) is 1.56. The van der Waals surface area contributed by atoms with Gasteiger partial charge in [-0.1, -0.05) is 0 Å². The van der Waals surface area contributed by atoms with Crippen LogP contribution < -0.4 is 16.0 Å². The third-order valence-electron chi connectivity index (χ3n) is 5.94. The van der Waals surface area contributed by atoms with E-state index in [9.17, 15) is 0 Å². The van der Waals surface area contributed by atoms with Crippen molar-refractivity contribution in [2.45, 2.75) is 51.9 Å². The van der Waals surface area contributed by atoms with E-state index >= 15 is 0 Å². The molecule has 2 fully saturated rings. The molecule has 3 rings (SSSR count). The second-order valence-corrected chi connectivity index (χ2v) is 8.34. The predicted octanol–water partition coefficient (Wildman–Crippen LogP) is 0.956. The molecule has 0 bridgehead atoms. The van der Waals surface area contributed by atoms with E-state index in [0.29, 0.717) is 42.0 Å². The maximum atomic E-state index is 5.55. The first-order valence-corrected chi connectivity index (χ1v) is 11.1. The number of hydrogen-bond donors (Lipinski definition) is 3. The molecule has 0 amide bonds. The van der Waals surface area contributed by atoms with Crippen LogP contribution in [0.1, 0.15) is 27.7 Å². The van der Waals surface area contributed by atoms with Gasteiger partial charge in [0.1, 0.15) is 0 Å². The van der Waals surface area contributed by atoms with Crippen LogP contribution in [0.25, 0.3) is 0 Å². The molecule has 4 atom stereocenters. The highest BCUT2D eigenvalue weighted by Gasteiger charge is 2.25. The molecule has 0 aromatic carbocycles. The lowest BCUT2D eigenvalue weighted by atomic mass is 10.2. The quantitative estimate of drug-likeness (QED) is 0.533. The Kier molecular flexibility index (Phi) is 8.43. The first-order valence-electron chi connectivity index (χ1n) is 11.1. The van der Waals surface area contributed by atoms with Gasteiger partial charge >= 0.3 is 0 Å². The zero-order valence-corrected chi connectivity index (χ0v) is 19.0. The fraction of sp³-hybridized carbons (Fsp3) is 0.850. The summed E-state index contributed by atoms with van der Waals surface area (Å²) in [6.07, 6.45) is 0. The van der Waals surface area contributed by atoms with E-state index in [1.165, 1.54) is 0 Å². The molecule has 0 saturated carbocycles. The van der Waals surface area contributed by atoms with Crippen molar-refractivity contribution >= 4 is 17.8 Å². The van der Waals surface area contributed by atoms with Crippen LogP contribution >= 0.6 is 0 Å². The van der Waals surface area contributed by atoms with E-state index in [2.05, 4.69) is 68.4 Å². The topological polar surface area (TPSA) is 99.7 Å². The van der Waals surface area contributed by atoms with Gasteiger partial charge < -0.3 is 25.4 Å². The van der Waals surface area contributed by atoms with Crippen molar-refractivity contribution in [2.75, 3.05) is 75.6 Å². The second-order valence-electron chi connectivity index (χ2n) is 8.34. The molecular weight excluding hydrogens is 384 g/mol. The van der Waals surface area contributed by atoms with Gasteiger partial charge in [-0.2, -0.15) is 15.0 Å². The van der Waals surface area contributed by atoms with Gasteiger partial charge in [0, 0.05) is 57.4 Å². The molecule has 2 aliphatic rings. The number of nitrogens with one attached hydrogen (secondary N) is 3. The first-order chi connectivity index (χ1) is 14.5. The van der Waals surface area contributed by atoms with Crippen molar-refractivity contribution in [3.05, 3.63) is 0 Å². The maximum absolute atomic E-state index is 5.55. The van der Waals surface area contributed by atoms with Crippen molar-refractivity contribution in [3.8, 4) is 0 Å². The standard InChI is InChI=1S/C20H38N8O2/c1-14(27-6-8-29-12-16(27)3)10-22-19-24-18(21-5)25-20(26-19)23-11-15(2)28-7-9-30-13-17(28)4/h14-17H,6-13H2,1-5H3,(H3,21,22,23,24,25,26). The highest BCUT2D eigenvalue weighted by Crippen LogP contribution is 2.14. The summed E-state index contributed by atoms with van der Waals surface area (Å²) < 4.78 is 11.1. The molecule has 170 valence electrons. The van der Waals surface area contributed by atoms with Gasteiger partial charge in [0.05, 0.1) is 26.4 Å². The van der Waals surface area contributed by atoms with Crippen molar-refractivity contribution < 1.29 is 9.47 Å². The number of aromatic nitrogens is 3. The van der Waals surface area contributed by atoms with E-state index in [0.717, 1.165) is 52.6 Å². The lowest BCUT2D eigenvalue weighted by Gasteiger charge is -2.38. The lowest BCUT2D eigenvalue weighted by molar-refractivity contribution is -0.0160. The Balaban J connectivity index is 1.56. The van der Waals surface area contributed by atoms with Gasteiger partial charge in [-0.15, -0.1) is 0 Å². The average Bonchev–Trinajstić information content (AvgIpc) is 2.76. The van der Waals surface area contributed by atoms with Crippen molar-refractivity contribution in [1.82, 2.24) is 24.8 Å². The number of nitrogens with zero attached hydrogens (tertiary/aromatic N) is 5. The SMILES string of the molecule is CNc1nc(NCC(C)N2CCOCC2C)nc(NCC(C)N2CCOCC2C)n1. The number of ether oxygens (including phenoxy) is 2. The molecule has 3 N–H and O–H groups in total. The van der Waals surface area contributed by atoms with E-state index < -0.39 is 0 Å². The monoisotopic (exact) mass is 422 g/mol. The van der Waals surface area contributed by atoms with Crippen molar-refractivity contribution in [2.24, 2.45) is 0 Å². The van der Waals surface area contributed by atoms with Crippen LogP contribution in [0.5, 0.6) is 0 Å². The first kappa shape index (κ1) is 22.9. The Bertz CT molecular complexity index is 613. The third kappa shape index (κ3) is 6.13. The van der Waals surface area contributed by atoms with Crippen molar-refractivity contribution in [3.63, 3.8) is 0 Å². The van der Waals surface area contributed by atoms with Gasteiger partial charge in [0.15, 0.2) is 0 Å². The summed E-state index contributed by atoms with van der Waals surface area (Å²) >= 11 is 0. The Morgan fingerprint density at radius 3 is 1.67 bits per heavy atom. The molecule has 0 spiro atoms. The minimum atomic E-state index is 0.359. The van der Waals surface area contributed by atoms with Gasteiger partial charge in [0.2, 0.25) is 17.8 Å². The summed E-state index contributed by atoms with van der Waals surface area (Å²) in [6.45, 7) is 15.4. The Labute approximate surface area is 180 Å². The highest BCUT2D eigenvalue weighted by atomic mass is 16.5. The summed E-state index contributed by atoms with van der Waals surface area (Å²) in [5.74, 6) is 1.71. The van der Waals surface area contributed by atoms with Gasteiger partial charge in [0.25, 0.3) is 0 Å². The molecule has 2 aliphatic heterocycles. The molecule has 10 nitrogen and oxygen atoms in total. The fourth-order valence-corrected chi connectivity index (χ4v) is 4.15. The van der Waals surface area contributed by atoms with Crippen molar-refractivity contribution in [1.29, 1.82) is 0 Å². The van der Waals surface area contributed by atoms with Crippen LogP contribution in [-0.4, -0.2) is 109 Å². The average molecular weight is 423 g/mol. The molecule has 30 heavy (non-hydrogen) atoms. The molecule has 0 aliphatic carbocycles. The third-order valence-corrected chi connectivity index (χ3v) is 5.94. The van der Waals surface area contributed by atoms with Crippen LogP contribution in [0, 0.1) is 0 Å². The zero-order chi connectivity index (χ0) is 21.5. The highest BCUT2D eigenvalue weighted by molar-refractivity contribution is 5.42. The fourth-order valence-electron chi connectivity index (χ4n) is 4.15. The largest absolute Gasteiger partial charge is 0.379 e. The van der Waals surface area contributed by atoms with Gasteiger partial charge in [-0.3, -0.25) is 9.80 Å². The smallest absolute Gasteiger partial charge is 0.229 e. The molecule has 10 heteroatoms. The van der Waals surface area contributed by atoms with E-state index in [-0.39, 0.29) is 0 Å². The van der Waals surface area contributed by atoms with Gasteiger partial charge in [-0.05, 0) is 27.7 Å². The minimum absolute atomic E-state index is 0.359. The molecule has 2 saturated heterocycles. The van der Waals surface area contributed by atoms with E-state index in [1.54, 1.807) is 0 Å². The summed E-state index contributed by atoms with van der Waals surface area (Å²) in [7, 11) is 1.82. The lowest BCUT2D eigenvalue weighted by Crippen LogP contribution is -2.50. The van der Waals surface area contributed by atoms with Crippen LogP contribution in [0.3, 0.4) is 0 Å². The van der Waals surface area contributed by atoms with Crippen LogP contribution in [0.4, 0.5) is 17.8 Å². The number of anilines is 3. The van der Waals surface area contributed by atoms with E-state index in [4.69, 9.17) is 9.47 Å². The molecule has 3 heterocycles. The minimum Gasteiger partial charge on any atom is -0.379 e. The summed E-state index contributed by atoms with van der Waals surface area (Å²) in [4.78, 5) is 18.4. The van der Waals surface area contributed by atoms with Gasteiger partial charge in [-0.25, -0.2) is 0 Å². The molecular formula is C20H38N8O2. The molecule has 0 radical (unpaired) electrons. The van der Waals surface area contributed by atoms with Crippen LogP contribution in [0.2, 0.25) is 0 Å². The normalized spacial score (nSPS) is 25.5. The Hall–Kier alpha value is -1.75. The maximum Gasteiger partial charge on any atom is 0.229 e. The van der Waals surface area contributed by atoms with Crippen LogP contribution in [-0.2, 0) is 9.47 Å². The molecule has 4 unspecified atom stereocenters. The number of hydrogen-bond acceptors (Lipinski definition) is 10. The Morgan fingerprint density at radius 1 is 0.833 bits per heavy atom. The second kappa shape index (κ2) is 11.0. The van der Waals surface area contributed by atoms with Crippen LogP contribution in [0.15, 0.2) is 0 Å². The predicted molar refractivity (Wildman–Crippen MR) is 119 cm³/mol. The molecule has 1 aromatic heterocycles. The molecule has 1 aromatic rings. The number of rotatable bonds is 9. The zero-order valence-electron chi connectivity index (χ0n) is 19.0.